The van der Waals surface area contributed by atoms with Crippen molar-refractivity contribution in [1.82, 2.24) is 10.0 Å². The highest BCUT2D eigenvalue weighted by molar-refractivity contribution is 7.89. The molecule has 1 aliphatic heterocycles. The molecule has 4 nitrogen and oxygen atoms in total. The quantitative estimate of drug-likeness (QED) is 0.858. The zero-order valence-corrected chi connectivity index (χ0v) is 11.1. The molecule has 0 aliphatic carbocycles. The molecule has 0 amide bonds. The number of sulfonamides is 1. The van der Waals surface area contributed by atoms with Gasteiger partial charge in [0.05, 0.1) is 0 Å². The van der Waals surface area contributed by atoms with Crippen molar-refractivity contribution in [3.8, 4) is 0 Å². The van der Waals surface area contributed by atoms with E-state index in [4.69, 9.17) is 0 Å². The highest BCUT2D eigenvalue weighted by Crippen LogP contribution is 2.16. The Morgan fingerprint density at radius 1 is 1.37 bits per heavy atom. The Morgan fingerprint density at radius 3 is 2.84 bits per heavy atom. The van der Waals surface area contributed by atoms with E-state index >= 15 is 0 Å². The van der Waals surface area contributed by atoms with Crippen molar-refractivity contribution in [3.05, 3.63) is 29.8 Å². The van der Waals surface area contributed by atoms with Gasteiger partial charge in [-0.25, -0.2) is 21.9 Å². The summed E-state index contributed by atoms with van der Waals surface area (Å²) in [4.78, 5) is -0.642. The predicted molar refractivity (Wildman–Crippen MR) is 67.1 cm³/mol. The van der Waals surface area contributed by atoms with Crippen molar-refractivity contribution in [2.75, 3.05) is 19.6 Å². The Balaban J connectivity index is 1.99. The molecule has 0 aromatic heterocycles. The highest BCUT2D eigenvalue weighted by Gasteiger charge is 2.21. The van der Waals surface area contributed by atoms with Gasteiger partial charge in [-0.2, -0.15) is 0 Å². The smallest absolute Gasteiger partial charge is 0.243 e. The van der Waals surface area contributed by atoms with Crippen LogP contribution in [-0.2, 0) is 10.0 Å². The molecule has 0 radical (unpaired) electrons. The fourth-order valence-electron chi connectivity index (χ4n) is 2.12. The van der Waals surface area contributed by atoms with E-state index in [1.54, 1.807) is 0 Å². The number of halogens is 2. The highest BCUT2D eigenvalue weighted by atomic mass is 32.2. The molecule has 1 heterocycles. The largest absolute Gasteiger partial charge is 0.316 e. The van der Waals surface area contributed by atoms with Gasteiger partial charge < -0.3 is 5.32 Å². The summed E-state index contributed by atoms with van der Waals surface area (Å²) < 4.78 is 52.4. The summed E-state index contributed by atoms with van der Waals surface area (Å²) in [6.07, 6.45) is 1.69. The summed E-state index contributed by atoms with van der Waals surface area (Å²) >= 11 is 0. The third-order valence-corrected chi connectivity index (χ3v) is 4.67. The predicted octanol–water partition coefficient (Wildman–Crippen LogP) is 1.24. The maximum absolute atomic E-state index is 13.4. The second-order valence-electron chi connectivity index (χ2n) is 4.62. The lowest BCUT2D eigenvalue weighted by Gasteiger charge is -2.10. The molecular weight excluding hydrogens is 274 g/mol. The minimum Gasteiger partial charge on any atom is -0.316 e. The molecule has 0 bridgehead atoms. The minimum atomic E-state index is -3.99. The van der Waals surface area contributed by atoms with Crippen LogP contribution in [0.5, 0.6) is 0 Å². The monoisotopic (exact) mass is 290 g/mol. The molecule has 1 saturated heterocycles. The average Bonchev–Trinajstić information content (AvgIpc) is 2.85. The van der Waals surface area contributed by atoms with Crippen LogP contribution < -0.4 is 10.0 Å². The van der Waals surface area contributed by atoms with Gasteiger partial charge in [0.2, 0.25) is 10.0 Å². The van der Waals surface area contributed by atoms with E-state index < -0.39 is 26.6 Å². The molecule has 1 aromatic rings. The molecule has 106 valence electrons. The molecule has 0 spiro atoms. The van der Waals surface area contributed by atoms with Crippen LogP contribution >= 0.6 is 0 Å². The lowest BCUT2D eigenvalue weighted by molar-refractivity contribution is 0.513. The van der Waals surface area contributed by atoms with Crippen molar-refractivity contribution >= 4 is 10.0 Å². The van der Waals surface area contributed by atoms with Gasteiger partial charge in [0.1, 0.15) is 16.5 Å². The first kappa shape index (κ1) is 14.4. The summed E-state index contributed by atoms with van der Waals surface area (Å²) in [5.74, 6) is -1.29. The van der Waals surface area contributed by atoms with Gasteiger partial charge >= 0.3 is 0 Å². The van der Waals surface area contributed by atoms with E-state index in [0.29, 0.717) is 18.4 Å². The Kier molecular flexibility index (Phi) is 4.49. The van der Waals surface area contributed by atoms with Crippen LogP contribution in [-0.4, -0.2) is 28.1 Å². The van der Waals surface area contributed by atoms with E-state index in [0.717, 1.165) is 31.6 Å². The zero-order chi connectivity index (χ0) is 13.9. The summed E-state index contributed by atoms with van der Waals surface area (Å²) in [6, 6.07) is 2.39. The maximum atomic E-state index is 13.4. The van der Waals surface area contributed by atoms with E-state index in [2.05, 4.69) is 10.0 Å². The van der Waals surface area contributed by atoms with Crippen molar-refractivity contribution in [2.45, 2.75) is 17.7 Å². The fraction of sp³-hybridized carbons (Fsp3) is 0.500. The molecular formula is C12H16F2N2O2S. The Labute approximate surface area is 111 Å². The van der Waals surface area contributed by atoms with Gasteiger partial charge in [-0.3, -0.25) is 0 Å². The summed E-state index contributed by atoms with van der Waals surface area (Å²) in [6.45, 7) is 2.04. The molecule has 1 aliphatic rings. The van der Waals surface area contributed by atoms with Crippen LogP contribution in [0.4, 0.5) is 8.78 Å². The van der Waals surface area contributed by atoms with E-state index in [1.807, 2.05) is 0 Å². The number of benzene rings is 1. The van der Waals surface area contributed by atoms with Gasteiger partial charge in [-0.15, -0.1) is 0 Å². The summed E-state index contributed by atoms with van der Waals surface area (Å²) in [7, 11) is -3.99. The van der Waals surface area contributed by atoms with Crippen LogP contribution in [0.25, 0.3) is 0 Å². The Hall–Kier alpha value is -1.05. The van der Waals surface area contributed by atoms with E-state index in [9.17, 15) is 17.2 Å². The molecule has 1 fully saturated rings. The molecule has 1 unspecified atom stereocenters. The molecule has 2 N–H and O–H groups in total. The fourth-order valence-corrected chi connectivity index (χ4v) is 3.25. The van der Waals surface area contributed by atoms with Gasteiger partial charge in [-0.05, 0) is 50.0 Å². The van der Waals surface area contributed by atoms with E-state index in [-0.39, 0.29) is 6.54 Å². The first-order chi connectivity index (χ1) is 8.99. The van der Waals surface area contributed by atoms with Crippen LogP contribution in [0.3, 0.4) is 0 Å². The van der Waals surface area contributed by atoms with E-state index in [1.165, 1.54) is 0 Å². The third kappa shape index (κ3) is 3.71. The molecule has 1 atom stereocenters. The summed E-state index contributed by atoms with van der Waals surface area (Å²) in [5, 5.41) is 3.18. The van der Waals surface area contributed by atoms with Crippen LogP contribution in [0.1, 0.15) is 12.8 Å². The summed E-state index contributed by atoms with van der Waals surface area (Å²) in [5.41, 5.74) is 0. The standard InChI is InChI=1S/C12H16F2N2O2S/c13-10-1-2-11(14)12(7-10)19(17,18)16-6-4-9-3-5-15-8-9/h1-2,7,9,15-16H,3-6,8H2. The molecule has 1 aromatic carbocycles. The molecule has 7 heteroatoms. The number of nitrogens with one attached hydrogen (secondary N) is 2. The number of hydrogen-bond acceptors (Lipinski definition) is 3. The second-order valence-corrected chi connectivity index (χ2v) is 6.36. The first-order valence-electron chi connectivity index (χ1n) is 6.14. The van der Waals surface area contributed by atoms with Crippen LogP contribution in [0.2, 0.25) is 0 Å². The lowest BCUT2D eigenvalue weighted by atomic mass is 10.1. The van der Waals surface area contributed by atoms with Gasteiger partial charge in [0, 0.05) is 6.54 Å². The second kappa shape index (κ2) is 5.94. The topological polar surface area (TPSA) is 58.2 Å². The molecule has 2 rings (SSSR count). The van der Waals surface area contributed by atoms with Crippen molar-refractivity contribution in [1.29, 1.82) is 0 Å². The van der Waals surface area contributed by atoms with Crippen molar-refractivity contribution < 1.29 is 17.2 Å². The van der Waals surface area contributed by atoms with Crippen LogP contribution in [0, 0.1) is 17.6 Å². The first-order valence-corrected chi connectivity index (χ1v) is 7.63. The maximum Gasteiger partial charge on any atom is 0.243 e. The Bertz CT molecular complexity index is 543. The number of rotatable bonds is 5. The van der Waals surface area contributed by atoms with Crippen molar-refractivity contribution in [3.63, 3.8) is 0 Å². The van der Waals surface area contributed by atoms with Gasteiger partial charge in [-0.1, -0.05) is 0 Å². The van der Waals surface area contributed by atoms with Crippen molar-refractivity contribution in [2.24, 2.45) is 5.92 Å². The normalized spacial score (nSPS) is 19.8. The molecule has 19 heavy (non-hydrogen) atoms. The zero-order valence-electron chi connectivity index (χ0n) is 10.3. The lowest BCUT2D eigenvalue weighted by Crippen LogP contribution is -2.27. The van der Waals surface area contributed by atoms with Gasteiger partial charge in [0.25, 0.3) is 0 Å². The molecule has 0 saturated carbocycles. The SMILES string of the molecule is O=S(=O)(NCCC1CCNC1)c1cc(F)ccc1F. The minimum absolute atomic E-state index is 0.227. The average molecular weight is 290 g/mol. The van der Waals surface area contributed by atoms with Gasteiger partial charge in [0.15, 0.2) is 0 Å². The number of hydrogen-bond donors (Lipinski definition) is 2. The Morgan fingerprint density at radius 2 is 2.16 bits per heavy atom. The third-order valence-electron chi connectivity index (χ3n) is 3.19. The van der Waals surface area contributed by atoms with Crippen LogP contribution in [0.15, 0.2) is 23.1 Å².